The van der Waals surface area contributed by atoms with Gasteiger partial charge in [0, 0.05) is 17.8 Å². The van der Waals surface area contributed by atoms with E-state index in [-0.39, 0.29) is 5.91 Å². The van der Waals surface area contributed by atoms with Crippen LogP contribution in [0.25, 0.3) is 0 Å². The molecule has 1 aliphatic heterocycles. The first-order chi connectivity index (χ1) is 8.20. The molecule has 3 nitrogen and oxygen atoms in total. The Balaban J connectivity index is 2.15. The highest BCUT2D eigenvalue weighted by Gasteiger charge is 2.10. The number of carbonyl (C=O) groups is 1. The van der Waals surface area contributed by atoms with Crippen molar-refractivity contribution < 1.29 is 4.79 Å². The Kier molecular flexibility index (Phi) is 3.59. The van der Waals surface area contributed by atoms with E-state index in [0.717, 1.165) is 30.8 Å². The lowest BCUT2D eigenvalue weighted by Crippen LogP contribution is -2.23. The molecule has 0 saturated heterocycles. The lowest BCUT2D eigenvalue weighted by Gasteiger charge is -2.18. The zero-order chi connectivity index (χ0) is 12.3. The summed E-state index contributed by atoms with van der Waals surface area (Å²) in [4.78, 5) is 11.7. The Labute approximate surface area is 102 Å². The van der Waals surface area contributed by atoms with Crippen LogP contribution in [0.1, 0.15) is 25.0 Å². The van der Waals surface area contributed by atoms with Crippen LogP contribution in [0.15, 0.2) is 29.8 Å². The number of benzene rings is 1. The number of nitrogens with one attached hydrogen (secondary N) is 2. The maximum absolute atomic E-state index is 11.7. The molecule has 0 fully saturated rings. The fraction of sp³-hybridized carbons (Fsp3) is 0.357. The van der Waals surface area contributed by atoms with E-state index in [0.29, 0.717) is 0 Å². The molecular weight excluding hydrogens is 212 g/mol. The third-order valence-electron chi connectivity index (χ3n) is 3.14. The molecule has 0 atom stereocenters. The van der Waals surface area contributed by atoms with Gasteiger partial charge in [-0.25, -0.2) is 0 Å². The van der Waals surface area contributed by atoms with Gasteiger partial charge in [-0.15, -0.1) is 0 Å². The molecule has 1 amide bonds. The summed E-state index contributed by atoms with van der Waals surface area (Å²) in [6.07, 6.45) is 2.88. The van der Waals surface area contributed by atoms with Crippen LogP contribution in [-0.2, 0) is 17.8 Å². The molecule has 2 N–H and O–H groups in total. The van der Waals surface area contributed by atoms with Gasteiger partial charge < -0.3 is 10.6 Å². The zero-order valence-electron chi connectivity index (χ0n) is 10.3. The highest BCUT2D eigenvalue weighted by Crippen LogP contribution is 2.19. The Hall–Kier alpha value is -1.61. The zero-order valence-corrected chi connectivity index (χ0v) is 10.3. The van der Waals surface area contributed by atoms with Gasteiger partial charge in [0.15, 0.2) is 0 Å². The third-order valence-corrected chi connectivity index (χ3v) is 3.14. The van der Waals surface area contributed by atoms with E-state index in [1.165, 1.54) is 11.1 Å². The topological polar surface area (TPSA) is 41.1 Å². The van der Waals surface area contributed by atoms with Crippen LogP contribution in [0.2, 0.25) is 0 Å². The van der Waals surface area contributed by atoms with Gasteiger partial charge >= 0.3 is 0 Å². The molecule has 0 radical (unpaired) electrons. The standard InChI is InChI=1S/C14H18N2O/c1-3-10(2)14(17)16-13-5-4-11-6-7-15-9-12(11)8-13/h3-5,8,15H,6-7,9H2,1-2H3,(H,16,17). The molecule has 17 heavy (non-hydrogen) atoms. The molecule has 1 aromatic carbocycles. The number of carbonyl (C=O) groups excluding carboxylic acids is 1. The van der Waals surface area contributed by atoms with E-state index >= 15 is 0 Å². The predicted molar refractivity (Wildman–Crippen MR) is 69.9 cm³/mol. The minimum Gasteiger partial charge on any atom is -0.322 e. The molecule has 3 heteroatoms. The van der Waals surface area contributed by atoms with E-state index in [4.69, 9.17) is 0 Å². The maximum Gasteiger partial charge on any atom is 0.250 e. The molecule has 1 aliphatic rings. The summed E-state index contributed by atoms with van der Waals surface area (Å²) in [6, 6.07) is 6.14. The second-order valence-corrected chi connectivity index (χ2v) is 4.34. The number of rotatable bonds is 2. The number of hydrogen-bond donors (Lipinski definition) is 2. The summed E-state index contributed by atoms with van der Waals surface area (Å²) >= 11 is 0. The van der Waals surface area contributed by atoms with Crippen molar-refractivity contribution in [3.63, 3.8) is 0 Å². The predicted octanol–water partition coefficient (Wildman–Crippen LogP) is 2.24. The first-order valence-electron chi connectivity index (χ1n) is 5.97. The smallest absolute Gasteiger partial charge is 0.250 e. The Morgan fingerprint density at radius 3 is 3.00 bits per heavy atom. The number of anilines is 1. The van der Waals surface area contributed by atoms with Crippen molar-refractivity contribution in [2.24, 2.45) is 0 Å². The van der Waals surface area contributed by atoms with E-state index in [1.54, 1.807) is 0 Å². The van der Waals surface area contributed by atoms with Crippen LogP contribution >= 0.6 is 0 Å². The fourth-order valence-electron chi connectivity index (χ4n) is 1.92. The van der Waals surface area contributed by atoms with E-state index in [1.807, 2.05) is 26.0 Å². The molecule has 0 saturated carbocycles. The third kappa shape index (κ3) is 2.74. The summed E-state index contributed by atoms with van der Waals surface area (Å²) in [5.74, 6) is -0.0313. The van der Waals surface area contributed by atoms with Crippen molar-refractivity contribution in [1.82, 2.24) is 5.32 Å². The van der Waals surface area contributed by atoms with Crippen molar-refractivity contribution in [1.29, 1.82) is 0 Å². The maximum atomic E-state index is 11.7. The van der Waals surface area contributed by atoms with Gasteiger partial charge in [-0.3, -0.25) is 4.79 Å². The largest absolute Gasteiger partial charge is 0.322 e. The normalized spacial score (nSPS) is 15.3. The minimum atomic E-state index is -0.0313. The highest BCUT2D eigenvalue weighted by atomic mass is 16.1. The van der Waals surface area contributed by atoms with Gasteiger partial charge in [0.2, 0.25) is 0 Å². The SMILES string of the molecule is CC=C(C)C(=O)Nc1ccc2c(c1)CNCC2. The first kappa shape index (κ1) is 11.9. The molecule has 0 aromatic heterocycles. The van der Waals surface area contributed by atoms with E-state index < -0.39 is 0 Å². The quantitative estimate of drug-likeness (QED) is 0.765. The molecule has 1 heterocycles. The van der Waals surface area contributed by atoms with Gasteiger partial charge in [0.05, 0.1) is 0 Å². The average Bonchev–Trinajstić information content (AvgIpc) is 2.37. The number of hydrogen-bond acceptors (Lipinski definition) is 2. The molecule has 0 bridgehead atoms. The van der Waals surface area contributed by atoms with Crippen LogP contribution in [0.4, 0.5) is 5.69 Å². The summed E-state index contributed by atoms with van der Waals surface area (Å²) < 4.78 is 0. The molecule has 0 aliphatic carbocycles. The fourth-order valence-corrected chi connectivity index (χ4v) is 1.92. The van der Waals surface area contributed by atoms with Gasteiger partial charge in [-0.05, 0) is 50.1 Å². The number of allylic oxidation sites excluding steroid dienone is 1. The second kappa shape index (κ2) is 5.15. The van der Waals surface area contributed by atoms with Crippen LogP contribution in [0.5, 0.6) is 0 Å². The molecule has 0 spiro atoms. The Morgan fingerprint density at radius 1 is 1.41 bits per heavy atom. The summed E-state index contributed by atoms with van der Waals surface area (Å²) in [6.45, 7) is 5.61. The lowest BCUT2D eigenvalue weighted by molar-refractivity contribution is -0.112. The molecule has 0 unspecified atom stereocenters. The van der Waals surface area contributed by atoms with E-state index in [2.05, 4.69) is 22.8 Å². The number of amides is 1. The summed E-state index contributed by atoms with van der Waals surface area (Å²) in [5, 5.41) is 6.24. The van der Waals surface area contributed by atoms with Crippen molar-refractivity contribution >= 4 is 11.6 Å². The molecule has 1 aromatic rings. The highest BCUT2D eigenvalue weighted by molar-refractivity contribution is 6.03. The Bertz CT molecular complexity index is 463. The van der Waals surface area contributed by atoms with Crippen LogP contribution in [0, 0.1) is 0 Å². The van der Waals surface area contributed by atoms with Crippen LogP contribution in [0.3, 0.4) is 0 Å². The lowest BCUT2D eigenvalue weighted by atomic mass is 10.0. The van der Waals surface area contributed by atoms with Gasteiger partial charge in [0.1, 0.15) is 0 Å². The average molecular weight is 230 g/mol. The van der Waals surface area contributed by atoms with Crippen molar-refractivity contribution in [2.75, 3.05) is 11.9 Å². The molecule has 2 rings (SSSR count). The first-order valence-corrected chi connectivity index (χ1v) is 5.97. The monoisotopic (exact) mass is 230 g/mol. The molecular formula is C14H18N2O. The van der Waals surface area contributed by atoms with Crippen molar-refractivity contribution in [2.45, 2.75) is 26.8 Å². The van der Waals surface area contributed by atoms with Gasteiger partial charge in [0.25, 0.3) is 5.91 Å². The van der Waals surface area contributed by atoms with Crippen LogP contribution < -0.4 is 10.6 Å². The summed E-state index contributed by atoms with van der Waals surface area (Å²) in [5.41, 5.74) is 4.27. The number of fused-ring (bicyclic) bond motifs is 1. The molecule has 90 valence electrons. The van der Waals surface area contributed by atoms with Crippen molar-refractivity contribution in [3.8, 4) is 0 Å². The minimum absolute atomic E-state index is 0.0313. The Morgan fingerprint density at radius 2 is 2.24 bits per heavy atom. The van der Waals surface area contributed by atoms with Gasteiger partial charge in [-0.1, -0.05) is 12.1 Å². The van der Waals surface area contributed by atoms with Crippen LogP contribution in [-0.4, -0.2) is 12.5 Å². The van der Waals surface area contributed by atoms with Crippen molar-refractivity contribution in [3.05, 3.63) is 41.0 Å². The van der Waals surface area contributed by atoms with E-state index in [9.17, 15) is 4.79 Å². The van der Waals surface area contributed by atoms with Gasteiger partial charge in [-0.2, -0.15) is 0 Å². The second-order valence-electron chi connectivity index (χ2n) is 4.34. The summed E-state index contributed by atoms with van der Waals surface area (Å²) in [7, 11) is 0.